The Kier molecular flexibility index (Phi) is 5.66. The molecule has 1 aromatic heterocycles. The number of aromatic amines is 1. The number of carbonyl (C=O) groups is 1. The van der Waals surface area contributed by atoms with Gasteiger partial charge in [0.15, 0.2) is 0 Å². The zero-order chi connectivity index (χ0) is 21.3. The van der Waals surface area contributed by atoms with Crippen LogP contribution in [-0.2, 0) is 0 Å². The van der Waals surface area contributed by atoms with E-state index in [1.54, 1.807) is 24.1 Å². The number of pyridine rings is 1. The minimum Gasteiger partial charge on any atom is -0.497 e. The Morgan fingerprint density at radius 1 is 1.17 bits per heavy atom. The molecule has 1 aromatic carbocycles. The number of ether oxygens (including phenoxy) is 1. The first kappa shape index (κ1) is 20.6. The Morgan fingerprint density at radius 3 is 2.47 bits per heavy atom. The Labute approximate surface area is 176 Å². The number of piperidine rings is 2. The number of likely N-dealkylation sites (tertiary alicyclic amines) is 2. The van der Waals surface area contributed by atoms with Gasteiger partial charge in [-0.25, -0.2) is 0 Å². The Balaban J connectivity index is 1.45. The summed E-state index contributed by atoms with van der Waals surface area (Å²) < 4.78 is 5.16. The molecule has 2 aromatic rings. The van der Waals surface area contributed by atoms with Crippen LogP contribution in [0.3, 0.4) is 0 Å². The molecular formula is C23H29N3O4. The highest BCUT2D eigenvalue weighted by atomic mass is 16.5. The van der Waals surface area contributed by atoms with E-state index in [9.17, 15) is 14.7 Å². The van der Waals surface area contributed by atoms with Gasteiger partial charge in [0.1, 0.15) is 11.3 Å². The lowest BCUT2D eigenvalue weighted by molar-refractivity contribution is -0.0286. The predicted molar refractivity (Wildman–Crippen MR) is 115 cm³/mol. The van der Waals surface area contributed by atoms with Crippen LogP contribution >= 0.6 is 0 Å². The number of aliphatic hydroxyl groups is 1. The summed E-state index contributed by atoms with van der Waals surface area (Å²) in [5, 5.41) is 10.2. The number of aliphatic hydroxyl groups excluding tert-OH is 1. The van der Waals surface area contributed by atoms with Crippen LogP contribution in [0.4, 0.5) is 0 Å². The summed E-state index contributed by atoms with van der Waals surface area (Å²) in [6.45, 7) is 2.88. The van der Waals surface area contributed by atoms with Crippen molar-refractivity contribution in [1.29, 1.82) is 0 Å². The van der Waals surface area contributed by atoms with Crippen LogP contribution in [-0.4, -0.2) is 72.2 Å². The van der Waals surface area contributed by atoms with E-state index in [0.29, 0.717) is 25.3 Å². The van der Waals surface area contributed by atoms with E-state index in [1.807, 2.05) is 31.3 Å². The fourth-order valence-electron chi connectivity index (χ4n) is 4.92. The van der Waals surface area contributed by atoms with Gasteiger partial charge in [-0.2, -0.15) is 0 Å². The number of H-pyrrole nitrogens is 1. The lowest BCUT2D eigenvalue weighted by Gasteiger charge is -2.48. The van der Waals surface area contributed by atoms with Crippen LogP contribution in [0, 0.1) is 5.41 Å². The van der Waals surface area contributed by atoms with Gasteiger partial charge in [0, 0.05) is 31.9 Å². The highest BCUT2D eigenvalue weighted by Gasteiger charge is 2.41. The number of rotatable bonds is 3. The molecule has 0 bridgehead atoms. The van der Waals surface area contributed by atoms with Crippen molar-refractivity contribution in [2.45, 2.75) is 25.4 Å². The van der Waals surface area contributed by atoms with E-state index in [-0.39, 0.29) is 28.5 Å². The van der Waals surface area contributed by atoms with Gasteiger partial charge in [0.2, 0.25) is 0 Å². The van der Waals surface area contributed by atoms with Gasteiger partial charge < -0.3 is 24.6 Å². The molecule has 0 radical (unpaired) electrons. The number of likely N-dealkylation sites (N-methyl/N-ethyl adjacent to an activating group) is 1. The lowest BCUT2D eigenvalue weighted by Crippen LogP contribution is -2.53. The lowest BCUT2D eigenvalue weighted by atomic mass is 9.71. The maximum atomic E-state index is 13.0. The topological polar surface area (TPSA) is 85.9 Å². The Hall–Kier alpha value is -2.64. The van der Waals surface area contributed by atoms with Gasteiger partial charge in [-0.15, -0.1) is 0 Å². The summed E-state index contributed by atoms with van der Waals surface area (Å²) in [4.78, 5) is 32.4. The van der Waals surface area contributed by atoms with Gasteiger partial charge in [-0.3, -0.25) is 9.59 Å². The van der Waals surface area contributed by atoms with Crippen LogP contribution < -0.4 is 10.3 Å². The van der Waals surface area contributed by atoms with Crippen LogP contribution in [0.1, 0.15) is 29.6 Å². The molecule has 0 aliphatic carbocycles. The summed E-state index contributed by atoms with van der Waals surface area (Å²) in [5.74, 6) is 0.518. The zero-order valence-electron chi connectivity index (χ0n) is 17.6. The SMILES string of the molecule is COc1ccc(-c2ccc(C(=O)N3CCC4(CC3)CC(O)CN(C)C4)c(=O)[nH]2)cc1. The fraction of sp³-hybridized carbons (Fsp3) is 0.478. The number of hydrogen-bond donors (Lipinski definition) is 2. The number of aromatic nitrogens is 1. The third kappa shape index (κ3) is 4.13. The minimum absolute atomic E-state index is 0.0633. The molecule has 2 N–H and O–H groups in total. The summed E-state index contributed by atoms with van der Waals surface area (Å²) in [6.07, 6.45) is 2.18. The van der Waals surface area contributed by atoms with E-state index in [0.717, 1.165) is 37.1 Å². The van der Waals surface area contributed by atoms with Gasteiger partial charge in [-0.1, -0.05) is 0 Å². The van der Waals surface area contributed by atoms with Gasteiger partial charge in [0.25, 0.3) is 11.5 Å². The average molecular weight is 412 g/mol. The third-order valence-corrected chi connectivity index (χ3v) is 6.45. The first-order chi connectivity index (χ1) is 14.4. The van der Waals surface area contributed by atoms with Crippen LogP contribution in [0.15, 0.2) is 41.2 Å². The summed E-state index contributed by atoms with van der Waals surface area (Å²) in [5.41, 5.74) is 1.38. The minimum atomic E-state index is -0.374. The van der Waals surface area contributed by atoms with Crippen LogP contribution in [0.5, 0.6) is 5.75 Å². The molecule has 7 nitrogen and oxygen atoms in total. The quantitative estimate of drug-likeness (QED) is 0.807. The summed E-state index contributed by atoms with van der Waals surface area (Å²) in [7, 11) is 3.64. The standard InChI is InChI=1S/C23H29N3O4/c1-25-14-17(27)13-23(15-25)9-11-26(12-10-23)22(29)19-7-8-20(24-21(19)28)16-3-5-18(30-2)6-4-16/h3-8,17,27H,9-15H2,1-2H3,(H,24,28). The van der Waals surface area contributed by atoms with Crippen molar-refractivity contribution >= 4 is 5.91 Å². The molecular weight excluding hydrogens is 382 g/mol. The maximum absolute atomic E-state index is 13.0. The number of methoxy groups -OCH3 is 1. The first-order valence-electron chi connectivity index (χ1n) is 10.4. The molecule has 2 fully saturated rings. The van der Waals surface area contributed by atoms with Crippen LogP contribution in [0.25, 0.3) is 11.3 Å². The highest BCUT2D eigenvalue weighted by molar-refractivity contribution is 5.94. The number of hydrogen-bond acceptors (Lipinski definition) is 5. The second-order valence-electron chi connectivity index (χ2n) is 8.69. The monoisotopic (exact) mass is 411 g/mol. The summed E-state index contributed by atoms with van der Waals surface area (Å²) in [6, 6.07) is 10.8. The van der Waals surface area contributed by atoms with Crippen molar-refractivity contribution in [3.63, 3.8) is 0 Å². The number of β-amino-alcohol motifs (C(OH)–C–C–N with tert-alkyl or cyclic N) is 1. The number of benzene rings is 1. The Morgan fingerprint density at radius 2 is 1.87 bits per heavy atom. The molecule has 1 atom stereocenters. The molecule has 2 saturated heterocycles. The van der Waals surface area contributed by atoms with Gasteiger partial charge in [-0.05, 0) is 73.7 Å². The molecule has 30 heavy (non-hydrogen) atoms. The maximum Gasteiger partial charge on any atom is 0.261 e. The predicted octanol–water partition coefficient (Wildman–Crippen LogP) is 1.97. The molecule has 3 heterocycles. The van der Waals surface area contributed by atoms with Crippen molar-refractivity contribution in [1.82, 2.24) is 14.8 Å². The number of nitrogens with zero attached hydrogens (tertiary/aromatic N) is 2. The highest BCUT2D eigenvalue weighted by Crippen LogP contribution is 2.39. The van der Waals surface area contributed by atoms with Crippen molar-refractivity contribution in [2.24, 2.45) is 5.41 Å². The smallest absolute Gasteiger partial charge is 0.261 e. The fourth-order valence-corrected chi connectivity index (χ4v) is 4.92. The molecule has 1 unspecified atom stereocenters. The second kappa shape index (κ2) is 8.24. The van der Waals surface area contributed by atoms with Gasteiger partial charge >= 0.3 is 0 Å². The zero-order valence-corrected chi connectivity index (χ0v) is 17.6. The summed E-state index contributed by atoms with van der Waals surface area (Å²) >= 11 is 0. The number of carbonyl (C=O) groups excluding carboxylic acids is 1. The van der Waals surface area contributed by atoms with E-state index in [2.05, 4.69) is 9.88 Å². The van der Waals surface area contributed by atoms with Gasteiger partial charge in [0.05, 0.1) is 13.2 Å². The van der Waals surface area contributed by atoms with Crippen molar-refractivity contribution in [3.05, 3.63) is 52.3 Å². The van der Waals surface area contributed by atoms with E-state index in [1.165, 1.54) is 0 Å². The van der Waals surface area contributed by atoms with Crippen molar-refractivity contribution in [3.8, 4) is 17.0 Å². The second-order valence-corrected chi connectivity index (χ2v) is 8.69. The number of amides is 1. The molecule has 2 aliphatic heterocycles. The third-order valence-electron chi connectivity index (χ3n) is 6.45. The van der Waals surface area contributed by atoms with E-state index < -0.39 is 0 Å². The molecule has 1 amide bonds. The molecule has 2 aliphatic rings. The average Bonchev–Trinajstić information content (AvgIpc) is 2.73. The van der Waals surface area contributed by atoms with E-state index in [4.69, 9.17) is 4.74 Å². The molecule has 1 spiro atoms. The van der Waals surface area contributed by atoms with Crippen LogP contribution in [0.2, 0.25) is 0 Å². The van der Waals surface area contributed by atoms with Crippen molar-refractivity contribution in [2.75, 3.05) is 40.3 Å². The molecule has 0 saturated carbocycles. The first-order valence-corrected chi connectivity index (χ1v) is 10.4. The largest absolute Gasteiger partial charge is 0.497 e. The molecule has 7 heteroatoms. The normalized spacial score (nSPS) is 21.6. The molecule has 160 valence electrons. The number of nitrogens with one attached hydrogen (secondary N) is 1. The Bertz CT molecular complexity index is 949. The van der Waals surface area contributed by atoms with E-state index >= 15 is 0 Å². The molecule has 4 rings (SSSR count). The van der Waals surface area contributed by atoms with Crippen molar-refractivity contribution < 1.29 is 14.6 Å².